The molecule has 0 aliphatic heterocycles. The highest BCUT2D eigenvalue weighted by molar-refractivity contribution is 7.20. The first-order valence-electron chi connectivity index (χ1n) is 5.57. The number of aromatic carboxylic acids is 1. The fourth-order valence-electron chi connectivity index (χ4n) is 1.83. The summed E-state index contributed by atoms with van der Waals surface area (Å²) in [5, 5.41) is 9.82. The van der Waals surface area contributed by atoms with E-state index in [1.165, 1.54) is 20.4 Å². The maximum atomic E-state index is 11.3. The standard InChI is InChI=1S/C12H12N2O4S/c1-6(15)3-4-7-8-10(18-2)13-5-14-11(8)19-9(7)12(16)17/h5H,3-4H2,1-2H3,(H,16,17). The number of nitrogens with zero attached hydrogens (tertiary/aromatic N) is 2. The zero-order valence-corrected chi connectivity index (χ0v) is 11.3. The van der Waals surface area contributed by atoms with Gasteiger partial charge in [0.1, 0.15) is 21.8 Å². The Morgan fingerprint density at radius 2 is 2.16 bits per heavy atom. The van der Waals surface area contributed by atoms with E-state index in [0.717, 1.165) is 11.3 Å². The van der Waals surface area contributed by atoms with Gasteiger partial charge in [0.15, 0.2) is 0 Å². The summed E-state index contributed by atoms with van der Waals surface area (Å²) >= 11 is 1.07. The summed E-state index contributed by atoms with van der Waals surface area (Å²) in [6, 6.07) is 0. The molecule has 0 aliphatic rings. The van der Waals surface area contributed by atoms with E-state index < -0.39 is 5.97 Å². The van der Waals surface area contributed by atoms with E-state index >= 15 is 0 Å². The number of aryl methyl sites for hydroxylation is 1. The molecule has 2 rings (SSSR count). The third-order valence-corrected chi connectivity index (χ3v) is 3.79. The molecule has 0 spiro atoms. The van der Waals surface area contributed by atoms with Crippen LogP contribution in [0.25, 0.3) is 10.2 Å². The molecular weight excluding hydrogens is 268 g/mol. The van der Waals surface area contributed by atoms with E-state index in [9.17, 15) is 14.7 Å². The van der Waals surface area contributed by atoms with Crippen molar-refractivity contribution < 1.29 is 19.4 Å². The van der Waals surface area contributed by atoms with Crippen LogP contribution in [0, 0.1) is 0 Å². The molecule has 0 saturated carbocycles. The summed E-state index contributed by atoms with van der Waals surface area (Å²) < 4.78 is 5.15. The predicted octanol–water partition coefficient (Wildman–Crippen LogP) is 1.92. The van der Waals surface area contributed by atoms with Gasteiger partial charge >= 0.3 is 5.97 Å². The van der Waals surface area contributed by atoms with Gasteiger partial charge in [0.2, 0.25) is 5.88 Å². The summed E-state index contributed by atoms with van der Waals surface area (Å²) in [5.41, 5.74) is 0.570. The Morgan fingerprint density at radius 1 is 1.42 bits per heavy atom. The molecule has 0 amide bonds. The average molecular weight is 280 g/mol. The van der Waals surface area contributed by atoms with Gasteiger partial charge in [-0.05, 0) is 18.9 Å². The maximum Gasteiger partial charge on any atom is 0.346 e. The smallest absolute Gasteiger partial charge is 0.346 e. The number of ether oxygens (including phenoxy) is 1. The Hall–Kier alpha value is -2.02. The number of methoxy groups -OCH3 is 1. The number of fused-ring (bicyclic) bond motifs is 1. The second-order valence-corrected chi connectivity index (χ2v) is 4.98. The lowest BCUT2D eigenvalue weighted by Gasteiger charge is -2.03. The van der Waals surface area contributed by atoms with Gasteiger partial charge < -0.3 is 14.6 Å². The Kier molecular flexibility index (Phi) is 3.75. The summed E-state index contributed by atoms with van der Waals surface area (Å²) in [6.45, 7) is 1.47. The van der Waals surface area contributed by atoms with Crippen molar-refractivity contribution in [2.45, 2.75) is 19.8 Å². The number of hydrogen-bond donors (Lipinski definition) is 1. The number of carbonyl (C=O) groups is 2. The van der Waals surface area contributed by atoms with Crippen LogP contribution < -0.4 is 4.74 Å². The molecule has 0 atom stereocenters. The molecule has 0 saturated heterocycles. The second kappa shape index (κ2) is 5.31. The van der Waals surface area contributed by atoms with Crippen LogP contribution in [0.5, 0.6) is 5.88 Å². The van der Waals surface area contributed by atoms with Crippen LogP contribution in [0.15, 0.2) is 6.33 Å². The van der Waals surface area contributed by atoms with Gasteiger partial charge in [-0.1, -0.05) is 0 Å². The van der Waals surface area contributed by atoms with Gasteiger partial charge in [0, 0.05) is 6.42 Å². The molecule has 7 heteroatoms. The molecule has 6 nitrogen and oxygen atoms in total. The highest BCUT2D eigenvalue weighted by Crippen LogP contribution is 2.35. The fraction of sp³-hybridized carbons (Fsp3) is 0.333. The lowest BCUT2D eigenvalue weighted by Crippen LogP contribution is -2.01. The van der Waals surface area contributed by atoms with Gasteiger partial charge in [-0.25, -0.2) is 14.8 Å². The lowest BCUT2D eigenvalue weighted by atomic mass is 10.1. The van der Waals surface area contributed by atoms with Crippen molar-refractivity contribution in [3.63, 3.8) is 0 Å². The van der Waals surface area contributed by atoms with Crippen molar-refractivity contribution in [3.05, 3.63) is 16.8 Å². The number of ketones is 1. The number of rotatable bonds is 5. The zero-order valence-electron chi connectivity index (χ0n) is 10.5. The number of carboxylic acid groups (broad SMARTS) is 1. The maximum absolute atomic E-state index is 11.3. The van der Waals surface area contributed by atoms with Crippen LogP contribution in [0.3, 0.4) is 0 Å². The van der Waals surface area contributed by atoms with Crippen LogP contribution >= 0.6 is 11.3 Å². The first-order chi connectivity index (χ1) is 9.04. The number of carboxylic acids is 1. The van der Waals surface area contributed by atoms with Gasteiger partial charge in [-0.15, -0.1) is 11.3 Å². The molecular formula is C12H12N2O4S. The molecule has 0 aliphatic carbocycles. The molecule has 2 heterocycles. The van der Waals surface area contributed by atoms with E-state index in [1.54, 1.807) is 0 Å². The fourth-order valence-corrected chi connectivity index (χ4v) is 2.85. The molecule has 2 aromatic rings. The molecule has 100 valence electrons. The predicted molar refractivity (Wildman–Crippen MR) is 69.9 cm³/mol. The molecule has 2 aromatic heterocycles. The van der Waals surface area contributed by atoms with Gasteiger partial charge in [0.25, 0.3) is 0 Å². The Morgan fingerprint density at radius 3 is 2.74 bits per heavy atom. The first kappa shape index (κ1) is 13.4. The van der Waals surface area contributed by atoms with E-state index in [1.807, 2.05) is 0 Å². The Labute approximate surface area is 113 Å². The molecule has 0 bridgehead atoms. The largest absolute Gasteiger partial charge is 0.480 e. The first-order valence-corrected chi connectivity index (χ1v) is 6.39. The van der Waals surface area contributed by atoms with Crippen molar-refractivity contribution in [1.29, 1.82) is 0 Å². The van der Waals surface area contributed by atoms with Crippen molar-refractivity contribution in [3.8, 4) is 5.88 Å². The van der Waals surface area contributed by atoms with E-state index in [4.69, 9.17) is 4.74 Å². The zero-order chi connectivity index (χ0) is 14.0. The van der Waals surface area contributed by atoms with E-state index in [2.05, 4.69) is 9.97 Å². The Balaban J connectivity index is 2.63. The molecule has 0 fully saturated rings. The van der Waals surface area contributed by atoms with E-state index in [-0.39, 0.29) is 17.1 Å². The van der Waals surface area contributed by atoms with Gasteiger partial charge in [-0.2, -0.15) is 0 Å². The molecule has 0 aromatic carbocycles. The molecule has 0 unspecified atom stereocenters. The minimum absolute atomic E-state index is 0.00602. The van der Waals surface area contributed by atoms with Gasteiger partial charge in [0.05, 0.1) is 12.5 Å². The van der Waals surface area contributed by atoms with Crippen molar-refractivity contribution in [2.75, 3.05) is 7.11 Å². The average Bonchev–Trinajstić information content (AvgIpc) is 2.75. The van der Waals surface area contributed by atoms with Crippen molar-refractivity contribution in [2.24, 2.45) is 0 Å². The number of thiophene rings is 1. The van der Waals surface area contributed by atoms with Crippen molar-refractivity contribution >= 4 is 33.3 Å². The normalized spacial score (nSPS) is 10.6. The van der Waals surface area contributed by atoms with Crippen LogP contribution in [0.1, 0.15) is 28.6 Å². The Bertz CT molecular complexity index is 650. The molecule has 0 radical (unpaired) electrons. The van der Waals surface area contributed by atoms with Crippen molar-refractivity contribution in [1.82, 2.24) is 9.97 Å². The van der Waals surface area contributed by atoms with Crippen LogP contribution in [0.4, 0.5) is 0 Å². The van der Waals surface area contributed by atoms with E-state index in [0.29, 0.717) is 28.1 Å². The third kappa shape index (κ3) is 2.55. The number of aromatic nitrogens is 2. The second-order valence-electron chi connectivity index (χ2n) is 3.98. The van der Waals surface area contributed by atoms with Crippen LogP contribution in [0.2, 0.25) is 0 Å². The topological polar surface area (TPSA) is 89.4 Å². The number of hydrogen-bond acceptors (Lipinski definition) is 6. The lowest BCUT2D eigenvalue weighted by molar-refractivity contribution is -0.116. The summed E-state index contributed by atoms with van der Waals surface area (Å²) in [5.74, 6) is -0.678. The quantitative estimate of drug-likeness (QED) is 0.900. The molecule has 1 N–H and O–H groups in total. The molecule has 19 heavy (non-hydrogen) atoms. The number of carbonyl (C=O) groups excluding carboxylic acids is 1. The highest BCUT2D eigenvalue weighted by Gasteiger charge is 2.22. The summed E-state index contributed by atoms with van der Waals surface area (Å²) in [4.78, 5) is 31.2. The summed E-state index contributed by atoms with van der Waals surface area (Å²) in [6.07, 6.45) is 1.96. The van der Waals surface area contributed by atoms with Crippen LogP contribution in [-0.4, -0.2) is 33.9 Å². The summed E-state index contributed by atoms with van der Waals surface area (Å²) in [7, 11) is 1.47. The minimum Gasteiger partial charge on any atom is -0.480 e. The monoisotopic (exact) mass is 280 g/mol. The van der Waals surface area contributed by atoms with Gasteiger partial charge in [-0.3, -0.25) is 0 Å². The SMILES string of the molecule is COc1ncnc2sc(C(=O)O)c(CCC(C)=O)c12. The highest BCUT2D eigenvalue weighted by atomic mass is 32.1. The van der Waals surface area contributed by atoms with Crippen LogP contribution in [-0.2, 0) is 11.2 Å². The number of Topliss-reactive ketones (excluding diaryl/α,β-unsaturated/α-hetero) is 1. The third-order valence-electron chi connectivity index (χ3n) is 2.67. The minimum atomic E-state index is -1.02.